The van der Waals surface area contributed by atoms with Crippen LogP contribution in [0.3, 0.4) is 0 Å². The number of benzene rings is 3. The van der Waals surface area contributed by atoms with Crippen molar-refractivity contribution in [2.24, 2.45) is 4.99 Å². The molecule has 0 unspecified atom stereocenters. The molecule has 0 amide bonds. The predicted octanol–water partition coefficient (Wildman–Crippen LogP) is 4.17. The Balaban J connectivity index is 1.59. The molecule has 0 fully saturated rings. The molecule has 3 aromatic carbocycles. The third-order valence-corrected chi connectivity index (χ3v) is 7.54. The fraction of sp³-hybridized carbons (Fsp3) is 0.143. The Bertz CT molecular complexity index is 1680. The van der Waals surface area contributed by atoms with Gasteiger partial charge in [0.25, 0.3) is 5.56 Å². The van der Waals surface area contributed by atoms with Gasteiger partial charge >= 0.3 is 0 Å². The number of thiazole rings is 1. The number of aromatic hydroxyl groups is 1. The molecule has 0 radical (unpaired) electrons. The molecule has 0 saturated carbocycles. The first-order chi connectivity index (χ1) is 17.0. The highest BCUT2D eigenvalue weighted by Crippen LogP contribution is 2.41. The zero-order chi connectivity index (χ0) is 24.1. The second-order valence-electron chi connectivity index (χ2n) is 8.60. The van der Waals surface area contributed by atoms with E-state index in [1.165, 1.54) is 36.1 Å². The standard InChI is InChI=1S/C28H21FN2O3S/c1-34-23-13-6-16(14-22(23)32)15-24-27(33)31-26(18-7-10-19(29)11-8-18)21-12-9-17-4-2-3-5-20(17)25(21)30-28(31)35-24/h2-8,10-11,13-15,26,32H,9,12H2,1H3/b24-15+/t26-/m1/s1. The van der Waals surface area contributed by atoms with Gasteiger partial charge in [-0.1, -0.05) is 53.8 Å². The lowest BCUT2D eigenvalue weighted by atomic mass is 9.83. The van der Waals surface area contributed by atoms with Crippen LogP contribution in [0.2, 0.25) is 0 Å². The number of rotatable bonds is 3. The molecule has 7 heteroatoms. The van der Waals surface area contributed by atoms with E-state index in [2.05, 4.69) is 12.1 Å². The highest BCUT2D eigenvalue weighted by Gasteiger charge is 2.32. The molecule has 4 aromatic rings. The van der Waals surface area contributed by atoms with Crippen LogP contribution in [0.4, 0.5) is 4.39 Å². The Morgan fingerprint density at radius 1 is 1.11 bits per heavy atom. The Kier molecular flexibility index (Phi) is 5.15. The monoisotopic (exact) mass is 484 g/mol. The van der Waals surface area contributed by atoms with E-state index in [0.29, 0.717) is 20.6 Å². The average Bonchev–Trinajstić information content (AvgIpc) is 3.18. The minimum atomic E-state index is -0.360. The van der Waals surface area contributed by atoms with Crippen LogP contribution in [0.25, 0.3) is 11.8 Å². The van der Waals surface area contributed by atoms with Gasteiger partial charge in [0.1, 0.15) is 5.82 Å². The Morgan fingerprint density at radius 2 is 1.91 bits per heavy atom. The molecule has 2 aliphatic rings. The zero-order valence-corrected chi connectivity index (χ0v) is 19.7. The van der Waals surface area contributed by atoms with Crippen LogP contribution >= 0.6 is 11.3 Å². The molecule has 1 aromatic heterocycles. The highest BCUT2D eigenvalue weighted by molar-refractivity contribution is 7.07. The molecule has 2 heterocycles. The van der Waals surface area contributed by atoms with Gasteiger partial charge in [-0.25, -0.2) is 9.38 Å². The topological polar surface area (TPSA) is 63.8 Å². The lowest BCUT2D eigenvalue weighted by Crippen LogP contribution is -2.38. The Labute approximate surface area is 204 Å². The van der Waals surface area contributed by atoms with Crippen molar-refractivity contribution in [3.05, 3.63) is 120 Å². The summed E-state index contributed by atoms with van der Waals surface area (Å²) >= 11 is 1.31. The van der Waals surface area contributed by atoms with Crippen LogP contribution in [0.5, 0.6) is 11.5 Å². The molecule has 1 aliphatic carbocycles. The maximum absolute atomic E-state index is 13.8. The van der Waals surface area contributed by atoms with Crippen LogP contribution < -0.4 is 19.6 Å². The van der Waals surface area contributed by atoms with Crippen LogP contribution in [-0.2, 0) is 6.42 Å². The van der Waals surface area contributed by atoms with E-state index in [-0.39, 0.29) is 23.2 Å². The van der Waals surface area contributed by atoms with Crippen molar-refractivity contribution in [1.82, 2.24) is 4.57 Å². The number of methoxy groups -OCH3 is 1. The first-order valence-corrected chi connectivity index (χ1v) is 12.1. The van der Waals surface area contributed by atoms with Crippen LogP contribution in [0.15, 0.2) is 82.1 Å². The molecule has 1 atom stereocenters. The summed E-state index contributed by atoms with van der Waals surface area (Å²) in [5, 5.41) is 10.2. The van der Waals surface area contributed by atoms with Crippen molar-refractivity contribution in [2.75, 3.05) is 7.11 Å². The number of allylic oxidation sites excluding steroid dienone is 1. The molecule has 1 aliphatic heterocycles. The molecule has 6 rings (SSSR count). The van der Waals surface area contributed by atoms with Crippen molar-refractivity contribution in [2.45, 2.75) is 18.9 Å². The van der Waals surface area contributed by atoms with Crippen molar-refractivity contribution in [1.29, 1.82) is 0 Å². The molecule has 1 N–H and O–H groups in total. The summed E-state index contributed by atoms with van der Waals surface area (Å²) in [6.07, 6.45) is 3.38. The summed E-state index contributed by atoms with van der Waals surface area (Å²) in [4.78, 5) is 19.3. The quantitative estimate of drug-likeness (QED) is 0.475. The second-order valence-corrected chi connectivity index (χ2v) is 9.61. The smallest absolute Gasteiger partial charge is 0.271 e. The van der Waals surface area contributed by atoms with E-state index in [0.717, 1.165) is 35.2 Å². The minimum Gasteiger partial charge on any atom is -0.504 e. The van der Waals surface area contributed by atoms with Gasteiger partial charge in [0.15, 0.2) is 16.3 Å². The van der Waals surface area contributed by atoms with Gasteiger partial charge in [0, 0.05) is 5.56 Å². The molecular weight excluding hydrogens is 463 g/mol. The summed E-state index contributed by atoms with van der Waals surface area (Å²) in [5.74, 6) is 0.0558. The SMILES string of the molecule is COc1ccc(/C=c2/sc3n(c2=O)[C@H](c2ccc(F)cc2)C2=C(N=3)c3ccccc3CC2)cc1O. The van der Waals surface area contributed by atoms with E-state index in [9.17, 15) is 14.3 Å². The third-order valence-electron chi connectivity index (χ3n) is 6.56. The van der Waals surface area contributed by atoms with Gasteiger partial charge < -0.3 is 9.84 Å². The normalized spacial score (nSPS) is 16.9. The Hall–Kier alpha value is -3.97. The predicted molar refractivity (Wildman–Crippen MR) is 134 cm³/mol. The maximum Gasteiger partial charge on any atom is 0.271 e. The largest absolute Gasteiger partial charge is 0.504 e. The van der Waals surface area contributed by atoms with Gasteiger partial charge in [-0.3, -0.25) is 9.36 Å². The summed E-state index contributed by atoms with van der Waals surface area (Å²) in [7, 11) is 1.49. The molecule has 0 bridgehead atoms. The fourth-order valence-corrected chi connectivity index (χ4v) is 5.92. The molecule has 35 heavy (non-hydrogen) atoms. The third kappa shape index (κ3) is 3.59. The number of fused-ring (bicyclic) bond motifs is 3. The number of ether oxygens (including phenoxy) is 1. The average molecular weight is 485 g/mol. The number of hydrogen-bond acceptors (Lipinski definition) is 5. The number of aromatic nitrogens is 1. The number of halogens is 1. The van der Waals surface area contributed by atoms with Crippen molar-refractivity contribution in [3.63, 3.8) is 0 Å². The van der Waals surface area contributed by atoms with Gasteiger partial charge in [0.05, 0.1) is 23.4 Å². The first-order valence-electron chi connectivity index (χ1n) is 11.3. The number of phenols is 1. The van der Waals surface area contributed by atoms with E-state index < -0.39 is 0 Å². The second kappa shape index (κ2) is 8.36. The van der Waals surface area contributed by atoms with Gasteiger partial charge in [-0.15, -0.1) is 0 Å². The highest BCUT2D eigenvalue weighted by atomic mass is 32.1. The maximum atomic E-state index is 13.8. The summed E-state index contributed by atoms with van der Waals surface area (Å²) in [6, 6.07) is 19.2. The van der Waals surface area contributed by atoms with Crippen molar-refractivity contribution >= 4 is 23.1 Å². The number of nitrogens with zero attached hydrogens (tertiary/aromatic N) is 2. The molecule has 5 nitrogen and oxygen atoms in total. The summed E-state index contributed by atoms with van der Waals surface area (Å²) in [6.45, 7) is 0. The van der Waals surface area contributed by atoms with Gasteiger partial charge in [-0.05, 0) is 65.4 Å². The number of phenolic OH excluding ortho intramolecular Hbond substituents is 1. The van der Waals surface area contributed by atoms with Gasteiger partial charge in [0.2, 0.25) is 0 Å². The molecule has 0 spiro atoms. The summed E-state index contributed by atoms with van der Waals surface area (Å²) < 4.78 is 21.1. The Morgan fingerprint density at radius 3 is 2.69 bits per heavy atom. The number of hydrogen-bond donors (Lipinski definition) is 1. The first kappa shape index (κ1) is 21.6. The van der Waals surface area contributed by atoms with Crippen LogP contribution in [0.1, 0.15) is 34.7 Å². The van der Waals surface area contributed by atoms with E-state index in [4.69, 9.17) is 9.73 Å². The fourth-order valence-electron chi connectivity index (χ4n) is 4.92. The van der Waals surface area contributed by atoms with Crippen molar-refractivity contribution in [3.8, 4) is 11.5 Å². The molecular formula is C28H21FN2O3S. The van der Waals surface area contributed by atoms with E-state index in [1.54, 1.807) is 41.0 Å². The molecule has 0 saturated heterocycles. The van der Waals surface area contributed by atoms with Crippen LogP contribution in [-0.4, -0.2) is 16.8 Å². The number of aryl methyl sites for hydroxylation is 1. The minimum absolute atomic E-state index is 0.00489. The van der Waals surface area contributed by atoms with E-state index >= 15 is 0 Å². The van der Waals surface area contributed by atoms with E-state index in [1.807, 2.05) is 12.1 Å². The summed E-state index contributed by atoms with van der Waals surface area (Å²) in [5.41, 5.74) is 5.65. The zero-order valence-electron chi connectivity index (χ0n) is 18.9. The molecule has 174 valence electrons. The van der Waals surface area contributed by atoms with Gasteiger partial charge in [-0.2, -0.15) is 0 Å². The van der Waals surface area contributed by atoms with Crippen LogP contribution in [0, 0.1) is 5.82 Å². The van der Waals surface area contributed by atoms with Crippen molar-refractivity contribution < 1.29 is 14.2 Å². The lowest BCUT2D eigenvalue weighted by molar-refractivity contribution is 0.373. The lowest BCUT2D eigenvalue weighted by Gasteiger charge is -2.30.